The fourth-order valence-corrected chi connectivity index (χ4v) is 1.78. The molecule has 0 heterocycles. The maximum absolute atomic E-state index is 12.8. The number of hydrogen-bond acceptors (Lipinski definition) is 2. The van der Waals surface area contributed by atoms with Crippen LogP contribution in [0.2, 0.25) is 0 Å². The van der Waals surface area contributed by atoms with E-state index >= 15 is 0 Å². The van der Waals surface area contributed by atoms with Gasteiger partial charge in [-0.3, -0.25) is 0 Å². The van der Waals surface area contributed by atoms with E-state index in [1.54, 1.807) is 0 Å². The van der Waals surface area contributed by atoms with Gasteiger partial charge in [-0.1, -0.05) is 24.3 Å². The van der Waals surface area contributed by atoms with Crippen molar-refractivity contribution in [1.29, 1.82) is 0 Å². The number of rotatable bonds is 3. The lowest BCUT2D eigenvalue weighted by atomic mass is 9.86. The second-order valence-corrected chi connectivity index (χ2v) is 4.01. The number of carbonyl (C=O) groups excluding carboxylic acids is 1. The van der Waals surface area contributed by atoms with Gasteiger partial charge in [-0.15, -0.1) is 0 Å². The summed E-state index contributed by atoms with van der Waals surface area (Å²) in [6, 6.07) is 8.62. The van der Waals surface area contributed by atoms with E-state index in [2.05, 4.69) is 0 Å². The molecule has 0 unspecified atom stereocenters. The number of carbonyl (C=O) groups is 1. The first-order chi connectivity index (χ1) is 8.94. The van der Waals surface area contributed by atoms with E-state index in [1.807, 2.05) is 0 Å². The normalized spacial score (nSPS) is 11.3. The van der Waals surface area contributed by atoms with Crippen molar-refractivity contribution in [3.8, 4) is 0 Å². The van der Waals surface area contributed by atoms with Crippen LogP contribution < -0.4 is 0 Å². The van der Waals surface area contributed by atoms with Crippen LogP contribution in [0.15, 0.2) is 48.5 Å². The molecule has 97 valence electrons. The van der Waals surface area contributed by atoms with Crippen molar-refractivity contribution in [2.75, 3.05) is 0 Å². The van der Waals surface area contributed by atoms with E-state index in [4.69, 9.17) is 0 Å². The lowest BCUT2D eigenvalue weighted by Crippen LogP contribution is -2.36. The van der Waals surface area contributed by atoms with Crippen molar-refractivity contribution < 1.29 is 23.8 Å². The topological polar surface area (TPSA) is 57.2 Å². The number of aliphatic hydroxyl groups is 1. The Morgan fingerprint density at radius 1 is 0.842 bits per heavy atom. The highest BCUT2D eigenvalue weighted by Gasteiger charge is 2.41. The standard InChI is InChI=1S/C14H9F2O3/c15-11-5-1-9(2-6-11)14(19,13(17)18)10-3-7-12(16)8-4-10/h1-8,19H. The van der Waals surface area contributed by atoms with Gasteiger partial charge in [-0.05, 0) is 35.4 Å². The van der Waals surface area contributed by atoms with Gasteiger partial charge >= 0.3 is 5.97 Å². The van der Waals surface area contributed by atoms with E-state index in [-0.39, 0.29) is 11.1 Å². The van der Waals surface area contributed by atoms with Crippen LogP contribution >= 0.6 is 0 Å². The summed E-state index contributed by atoms with van der Waals surface area (Å²) in [6.07, 6.45) is 0. The Balaban J connectivity index is 2.57. The molecule has 1 N–H and O–H groups in total. The van der Waals surface area contributed by atoms with Crippen LogP contribution in [0.3, 0.4) is 0 Å². The molecule has 0 atom stereocenters. The van der Waals surface area contributed by atoms with Crippen LogP contribution in [-0.2, 0) is 15.5 Å². The fraction of sp³-hybridized carbons (Fsp3) is 0.0714. The molecule has 0 aromatic heterocycles. The molecule has 1 radical (unpaired) electrons. The first kappa shape index (κ1) is 13.2. The molecule has 0 aliphatic rings. The SMILES string of the molecule is [O]C(=O)C(O)(c1ccc(F)cc1)c1ccc(F)cc1. The van der Waals surface area contributed by atoms with Crippen molar-refractivity contribution in [3.05, 3.63) is 71.3 Å². The van der Waals surface area contributed by atoms with Crippen LogP contribution in [0.1, 0.15) is 11.1 Å². The van der Waals surface area contributed by atoms with Crippen LogP contribution in [0.4, 0.5) is 8.78 Å². The Kier molecular flexibility index (Phi) is 3.31. The number of hydrogen-bond donors (Lipinski definition) is 1. The molecule has 2 rings (SSSR count). The van der Waals surface area contributed by atoms with Gasteiger partial charge in [0.2, 0.25) is 5.60 Å². The predicted octanol–water partition coefficient (Wildman–Crippen LogP) is 2.16. The van der Waals surface area contributed by atoms with Gasteiger partial charge in [0.05, 0.1) is 0 Å². The molecule has 0 spiro atoms. The highest BCUT2D eigenvalue weighted by atomic mass is 19.1. The van der Waals surface area contributed by atoms with E-state index in [0.717, 1.165) is 48.5 Å². The second kappa shape index (κ2) is 4.78. The Bertz CT molecular complexity index is 546. The highest BCUT2D eigenvalue weighted by molar-refractivity contribution is 5.83. The van der Waals surface area contributed by atoms with Crippen molar-refractivity contribution in [2.45, 2.75) is 5.60 Å². The third-order valence-electron chi connectivity index (χ3n) is 2.82. The molecule has 0 aliphatic carbocycles. The summed E-state index contributed by atoms with van der Waals surface area (Å²) in [5, 5.41) is 21.5. The molecule has 5 heteroatoms. The molecule has 19 heavy (non-hydrogen) atoms. The van der Waals surface area contributed by atoms with E-state index < -0.39 is 23.2 Å². The zero-order chi connectivity index (χ0) is 14.0. The molecule has 0 fully saturated rings. The summed E-state index contributed by atoms with van der Waals surface area (Å²) in [6.45, 7) is 0. The average Bonchev–Trinajstić information content (AvgIpc) is 2.39. The van der Waals surface area contributed by atoms with Gasteiger partial charge in [0, 0.05) is 0 Å². The van der Waals surface area contributed by atoms with Crippen molar-refractivity contribution in [3.63, 3.8) is 0 Å². The molecular formula is C14H9F2O3. The minimum absolute atomic E-state index is 0.0690. The van der Waals surface area contributed by atoms with Gasteiger partial charge in [0.1, 0.15) is 11.6 Å². The van der Waals surface area contributed by atoms with Gasteiger partial charge in [-0.25, -0.2) is 18.7 Å². The first-order valence-electron chi connectivity index (χ1n) is 5.40. The Morgan fingerprint density at radius 2 is 1.16 bits per heavy atom. The van der Waals surface area contributed by atoms with Gasteiger partial charge in [-0.2, -0.15) is 0 Å². The Labute approximate surface area is 107 Å². The summed E-state index contributed by atoms with van der Waals surface area (Å²) < 4.78 is 25.7. The third-order valence-corrected chi connectivity index (χ3v) is 2.82. The van der Waals surface area contributed by atoms with Crippen molar-refractivity contribution in [2.24, 2.45) is 0 Å². The van der Waals surface area contributed by atoms with E-state index in [9.17, 15) is 23.8 Å². The van der Waals surface area contributed by atoms with Crippen molar-refractivity contribution in [1.82, 2.24) is 0 Å². The van der Waals surface area contributed by atoms with Crippen LogP contribution in [0.25, 0.3) is 0 Å². The first-order valence-corrected chi connectivity index (χ1v) is 5.40. The predicted molar refractivity (Wildman–Crippen MR) is 61.5 cm³/mol. The van der Waals surface area contributed by atoms with Gasteiger partial charge < -0.3 is 5.11 Å². The fourth-order valence-electron chi connectivity index (χ4n) is 1.78. The molecule has 2 aromatic rings. The maximum atomic E-state index is 12.8. The minimum atomic E-state index is -2.46. The number of halogens is 2. The minimum Gasteiger partial charge on any atom is -0.370 e. The van der Waals surface area contributed by atoms with E-state index in [0.29, 0.717) is 0 Å². The van der Waals surface area contributed by atoms with Crippen LogP contribution in [0.5, 0.6) is 0 Å². The Morgan fingerprint density at radius 3 is 1.42 bits per heavy atom. The van der Waals surface area contributed by atoms with Crippen LogP contribution in [-0.4, -0.2) is 11.1 Å². The summed E-state index contributed by atoms with van der Waals surface area (Å²) in [4.78, 5) is 11.2. The molecule has 0 bridgehead atoms. The van der Waals surface area contributed by atoms with Crippen molar-refractivity contribution >= 4 is 5.97 Å². The molecular weight excluding hydrogens is 254 g/mol. The second-order valence-electron chi connectivity index (χ2n) is 4.01. The lowest BCUT2D eigenvalue weighted by molar-refractivity contribution is -0.161. The summed E-state index contributed by atoms with van der Waals surface area (Å²) >= 11 is 0. The smallest absolute Gasteiger partial charge is 0.370 e. The monoisotopic (exact) mass is 263 g/mol. The third kappa shape index (κ3) is 2.32. The van der Waals surface area contributed by atoms with Gasteiger partial charge in [0.25, 0.3) is 0 Å². The molecule has 3 nitrogen and oxygen atoms in total. The van der Waals surface area contributed by atoms with E-state index in [1.165, 1.54) is 0 Å². The zero-order valence-electron chi connectivity index (χ0n) is 9.64. The molecule has 0 aliphatic heterocycles. The summed E-state index contributed by atoms with van der Waals surface area (Å²) in [5.74, 6) is -2.90. The molecule has 2 aromatic carbocycles. The molecule has 0 amide bonds. The largest absolute Gasteiger partial charge is 0.395 e. The summed E-state index contributed by atoms with van der Waals surface area (Å²) in [7, 11) is 0. The summed E-state index contributed by atoms with van der Waals surface area (Å²) in [5.41, 5.74) is -2.59. The van der Waals surface area contributed by atoms with Gasteiger partial charge in [0.15, 0.2) is 0 Å². The molecule has 0 saturated heterocycles. The highest BCUT2D eigenvalue weighted by Crippen LogP contribution is 2.30. The zero-order valence-corrected chi connectivity index (χ0v) is 9.64. The van der Waals surface area contributed by atoms with Crippen LogP contribution in [0, 0.1) is 11.6 Å². The Hall–Kier alpha value is -2.27. The maximum Gasteiger partial charge on any atom is 0.395 e. The average molecular weight is 263 g/mol. The molecule has 0 saturated carbocycles. The number of benzene rings is 2. The quantitative estimate of drug-likeness (QED) is 0.922. The lowest BCUT2D eigenvalue weighted by Gasteiger charge is -2.23.